The van der Waals surface area contributed by atoms with E-state index in [2.05, 4.69) is 0 Å². The number of aromatic nitrogens is 1. The molecule has 1 fully saturated rings. The molecule has 9 nitrogen and oxygen atoms in total. The van der Waals surface area contributed by atoms with Gasteiger partial charge in [0.05, 0.1) is 10.5 Å². The molecule has 1 aliphatic carbocycles. The number of carbonyl (C=O) groups excluding carboxylic acids is 1. The first-order valence-corrected chi connectivity index (χ1v) is 9.13. The highest BCUT2D eigenvalue weighted by atomic mass is 16.6. The van der Waals surface area contributed by atoms with Gasteiger partial charge in [-0.2, -0.15) is 5.26 Å². The highest BCUT2D eigenvalue weighted by Crippen LogP contribution is 2.34. The van der Waals surface area contributed by atoms with Gasteiger partial charge in [-0.15, -0.1) is 0 Å². The fourth-order valence-corrected chi connectivity index (χ4v) is 3.64. The molecule has 0 amide bonds. The number of hydrogen-bond acceptors (Lipinski definition) is 7. The molecular weight excluding hydrogens is 378 g/mol. The van der Waals surface area contributed by atoms with Gasteiger partial charge in [-0.3, -0.25) is 24.3 Å². The van der Waals surface area contributed by atoms with Crippen LogP contribution in [0.4, 0.5) is 5.69 Å². The molecule has 150 valence electrons. The first-order valence-electron chi connectivity index (χ1n) is 9.13. The van der Waals surface area contributed by atoms with Crippen molar-refractivity contribution in [2.75, 3.05) is 6.61 Å². The second kappa shape index (κ2) is 8.14. The zero-order valence-electron chi connectivity index (χ0n) is 15.8. The molecule has 1 aliphatic rings. The van der Waals surface area contributed by atoms with Crippen LogP contribution in [0.5, 0.6) is 11.6 Å². The lowest BCUT2D eigenvalue weighted by atomic mass is 10.0. The monoisotopic (exact) mass is 397 g/mol. The minimum atomic E-state index is -0.596. The van der Waals surface area contributed by atoms with Crippen LogP contribution in [0.2, 0.25) is 0 Å². The summed E-state index contributed by atoms with van der Waals surface area (Å²) in [5.74, 6) is -0.803. The van der Waals surface area contributed by atoms with Crippen LogP contribution in [0.3, 0.4) is 0 Å². The van der Waals surface area contributed by atoms with Crippen LogP contribution >= 0.6 is 0 Å². The molecular formula is C20H19N3O6. The highest BCUT2D eigenvalue weighted by molar-refractivity contribution is 6.01. The number of nitriles is 1. The van der Waals surface area contributed by atoms with E-state index in [9.17, 15) is 30.1 Å². The Morgan fingerprint density at radius 2 is 1.97 bits per heavy atom. The van der Waals surface area contributed by atoms with Gasteiger partial charge >= 0.3 is 0 Å². The number of nitrogens with zero attached hydrogens (tertiary/aromatic N) is 3. The van der Waals surface area contributed by atoms with Gasteiger partial charge in [-0.25, -0.2) is 0 Å². The molecule has 0 spiro atoms. The molecule has 3 rings (SSSR count). The molecule has 0 bridgehead atoms. The molecule has 1 heterocycles. The zero-order valence-corrected chi connectivity index (χ0v) is 15.8. The third-order valence-electron chi connectivity index (χ3n) is 5.13. The number of ether oxygens (including phenoxy) is 1. The molecule has 9 heteroatoms. The van der Waals surface area contributed by atoms with E-state index in [1.165, 1.54) is 31.2 Å². The summed E-state index contributed by atoms with van der Waals surface area (Å²) < 4.78 is 6.53. The SMILES string of the molecule is Cc1c(C(=O)COc2ccc([N+](=O)[O-])cc2)c(O)n(C2CCCC2)c(=O)c1C#N. The Morgan fingerprint density at radius 3 is 2.52 bits per heavy atom. The predicted octanol–water partition coefficient (Wildman–Crippen LogP) is 3.02. The van der Waals surface area contributed by atoms with Crippen LogP contribution in [0.1, 0.15) is 53.2 Å². The van der Waals surface area contributed by atoms with E-state index < -0.39 is 28.8 Å². The quantitative estimate of drug-likeness (QED) is 0.449. The maximum absolute atomic E-state index is 12.8. The molecule has 1 saturated carbocycles. The number of ketones is 1. The van der Waals surface area contributed by atoms with Crippen molar-refractivity contribution in [1.82, 2.24) is 4.57 Å². The Hall–Kier alpha value is -3.67. The topological polar surface area (TPSA) is 135 Å². The Morgan fingerprint density at radius 1 is 1.34 bits per heavy atom. The van der Waals surface area contributed by atoms with Crippen molar-refractivity contribution < 1.29 is 19.6 Å². The Kier molecular flexibility index (Phi) is 5.64. The standard InChI is InChI=1S/C20H19N3O6/c1-12-16(10-21)19(25)22(13-4-2-3-5-13)20(26)18(12)17(24)11-29-15-8-6-14(7-9-15)23(27)28/h6-9,13,26H,2-5,11H2,1H3. The van der Waals surface area contributed by atoms with Gasteiger partial charge in [0.1, 0.15) is 17.4 Å². The molecule has 0 aliphatic heterocycles. The van der Waals surface area contributed by atoms with Gasteiger partial charge in [-0.05, 0) is 37.5 Å². The van der Waals surface area contributed by atoms with Gasteiger partial charge in [-0.1, -0.05) is 12.8 Å². The van der Waals surface area contributed by atoms with Gasteiger partial charge in [0.25, 0.3) is 11.2 Å². The lowest BCUT2D eigenvalue weighted by Gasteiger charge is -2.20. The van der Waals surface area contributed by atoms with Crippen molar-refractivity contribution >= 4 is 11.5 Å². The Bertz CT molecular complexity index is 1060. The van der Waals surface area contributed by atoms with Gasteiger partial charge in [0, 0.05) is 18.2 Å². The summed E-state index contributed by atoms with van der Waals surface area (Å²) in [6.45, 7) is 0.984. The lowest BCUT2D eigenvalue weighted by Crippen LogP contribution is -2.29. The van der Waals surface area contributed by atoms with Crippen LogP contribution in [-0.2, 0) is 0 Å². The average Bonchev–Trinajstić information content (AvgIpc) is 3.21. The number of hydrogen-bond donors (Lipinski definition) is 1. The maximum atomic E-state index is 12.8. The normalized spacial score (nSPS) is 13.8. The fourth-order valence-electron chi connectivity index (χ4n) is 3.64. The molecule has 29 heavy (non-hydrogen) atoms. The maximum Gasteiger partial charge on any atom is 0.271 e. The molecule has 1 N–H and O–H groups in total. The molecule has 0 radical (unpaired) electrons. The third kappa shape index (κ3) is 3.82. The number of Topliss-reactive ketones (excluding diaryl/α,β-unsaturated/α-hetero) is 1. The first kappa shape index (κ1) is 20.1. The van der Waals surface area contributed by atoms with E-state index in [1.807, 2.05) is 6.07 Å². The minimum Gasteiger partial charge on any atom is -0.494 e. The summed E-state index contributed by atoms with van der Waals surface area (Å²) in [6.07, 6.45) is 3.18. The van der Waals surface area contributed by atoms with Crippen molar-refractivity contribution in [3.63, 3.8) is 0 Å². The van der Waals surface area contributed by atoms with Gasteiger partial charge < -0.3 is 9.84 Å². The third-order valence-corrected chi connectivity index (χ3v) is 5.13. The van der Waals surface area contributed by atoms with Gasteiger partial charge in [0.2, 0.25) is 11.7 Å². The van der Waals surface area contributed by atoms with Crippen molar-refractivity contribution in [2.24, 2.45) is 0 Å². The number of non-ortho nitro benzene ring substituents is 1. The highest BCUT2D eigenvalue weighted by Gasteiger charge is 2.29. The summed E-state index contributed by atoms with van der Waals surface area (Å²) in [5.41, 5.74) is -0.883. The smallest absolute Gasteiger partial charge is 0.271 e. The van der Waals surface area contributed by atoms with E-state index >= 15 is 0 Å². The Balaban J connectivity index is 1.91. The van der Waals surface area contributed by atoms with Gasteiger partial charge in [0.15, 0.2) is 6.61 Å². The van der Waals surface area contributed by atoms with Crippen LogP contribution in [-0.4, -0.2) is 27.0 Å². The van der Waals surface area contributed by atoms with E-state index in [1.54, 1.807) is 0 Å². The minimum absolute atomic E-state index is 0.112. The van der Waals surface area contributed by atoms with E-state index in [4.69, 9.17) is 4.74 Å². The summed E-state index contributed by atoms with van der Waals surface area (Å²) >= 11 is 0. The summed E-state index contributed by atoms with van der Waals surface area (Å²) in [5, 5.41) is 30.8. The van der Waals surface area contributed by atoms with Crippen molar-refractivity contribution in [1.29, 1.82) is 5.26 Å². The molecule has 1 aromatic heterocycles. The fraction of sp³-hybridized carbons (Fsp3) is 0.350. The second-order valence-corrected chi connectivity index (χ2v) is 6.89. The summed E-state index contributed by atoms with van der Waals surface area (Å²) in [7, 11) is 0. The number of nitro benzene ring substituents is 1. The molecule has 0 atom stereocenters. The van der Waals surface area contributed by atoms with Crippen molar-refractivity contribution in [3.8, 4) is 17.7 Å². The summed E-state index contributed by atoms with van der Waals surface area (Å²) in [4.78, 5) is 35.6. The lowest BCUT2D eigenvalue weighted by molar-refractivity contribution is -0.384. The second-order valence-electron chi connectivity index (χ2n) is 6.89. The van der Waals surface area contributed by atoms with E-state index in [0.717, 1.165) is 17.4 Å². The number of aromatic hydroxyl groups is 1. The number of nitro groups is 1. The first-order chi connectivity index (χ1) is 13.8. The zero-order chi connectivity index (χ0) is 21.1. The largest absolute Gasteiger partial charge is 0.494 e. The number of carbonyl (C=O) groups is 1. The van der Waals surface area contributed by atoms with Crippen LogP contribution in [0, 0.1) is 28.4 Å². The predicted molar refractivity (Wildman–Crippen MR) is 102 cm³/mol. The Labute approximate surface area is 165 Å². The average molecular weight is 397 g/mol. The number of rotatable bonds is 6. The van der Waals surface area contributed by atoms with E-state index in [0.29, 0.717) is 12.8 Å². The van der Waals surface area contributed by atoms with Crippen molar-refractivity contribution in [2.45, 2.75) is 38.6 Å². The van der Waals surface area contributed by atoms with Crippen LogP contribution < -0.4 is 10.3 Å². The molecule has 1 aromatic carbocycles. The van der Waals surface area contributed by atoms with Crippen LogP contribution in [0.25, 0.3) is 0 Å². The molecule has 0 unspecified atom stereocenters. The molecule has 0 saturated heterocycles. The summed E-state index contributed by atoms with van der Waals surface area (Å²) in [6, 6.07) is 6.80. The van der Waals surface area contributed by atoms with E-state index in [-0.39, 0.29) is 34.2 Å². The number of benzene rings is 1. The van der Waals surface area contributed by atoms with Crippen molar-refractivity contribution in [3.05, 3.63) is 61.4 Å². The molecule has 2 aromatic rings. The van der Waals surface area contributed by atoms with Crippen LogP contribution in [0.15, 0.2) is 29.1 Å². The number of pyridine rings is 1.